The van der Waals surface area contributed by atoms with Gasteiger partial charge in [0.1, 0.15) is 6.04 Å². The number of hydrogen-bond donors (Lipinski definition) is 2. The van der Waals surface area contributed by atoms with Gasteiger partial charge in [-0.25, -0.2) is 9.59 Å². The molecule has 0 saturated heterocycles. The topological polar surface area (TPSA) is 110 Å². The third kappa shape index (κ3) is 4.16. The lowest BCUT2D eigenvalue weighted by Crippen LogP contribution is -2.43. The highest BCUT2D eigenvalue weighted by molar-refractivity contribution is 5.85. The number of nitrogens with zero attached hydrogens (tertiary/aromatic N) is 1. The van der Waals surface area contributed by atoms with Gasteiger partial charge in [-0.15, -0.1) is 0 Å². The lowest BCUT2D eigenvalue weighted by molar-refractivity contribution is -0.145. The predicted molar refractivity (Wildman–Crippen MR) is 104 cm³/mol. The summed E-state index contributed by atoms with van der Waals surface area (Å²) in [4.78, 5) is 51.5. The van der Waals surface area contributed by atoms with Crippen LogP contribution in [0.5, 0.6) is 0 Å². The molecule has 8 heteroatoms. The number of H-pyrrole nitrogens is 1. The first-order valence-corrected chi connectivity index (χ1v) is 9.50. The fraction of sp³-hybridized carbons (Fsp3) is 0.500. The van der Waals surface area contributed by atoms with Crippen LogP contribution in [0.25, 0.3) is 10.9 Å². The van der Waals surface area contributed by atoms with E-state index in [0.29, 0.717) is 30.3 Å². The second-order valence-electron chi connectivity index (χ2n) is 7.36. The molecule has 1 atom stereocenters. The molecule has 2 aromatic rings. The fourth-order valence-electron chi connectivity index (χ4n) is 3.80. The van der Waals surface area contributed by atoms with Crippen molar-refractivity contribution in [3.8, 4) is 0 Å². The number of esters is 1. The van der Waals surface area contributed by atoms with Crippen molar-refractivity contribution in [1.29, 1.82) is 0 Å². The maximum Gasteiger partial charge on any atom is 0.328 e. The number of para-hydroxylation sites is 1. The normalized spacial score (nSPS) is 20.5. The van der Waals surface area contributed by atoms with Crippen LogP contribution in [0.3, 0.4) is 0 Å². The maximum absolute atomic E-state index is 12.6. The van der Waals surface area contributed by atoms with E-state index >= 15 is 0 Å². The van der Waals surface area contributed by atoms with Crippen LogP contribution in [0.4, 0.5) is 0 Å². The highest BCUT2D eigenvalue weighted by Crippen LogP contribution is 2.29. The summed E-state index contributed by atoms with van der Waals surface area (Å²) in [6.45, 7) is 1.93. The predicted octanol–water partition coefficient (Wildman–Crippen LogP) is 1.17. The lowest BCUT2D eigenvalue weighted by atomic mass is 9.81. The summed E-state index contributed by atoms with van der Waals surface area (Å²) < 4.78 is 5.87. The van der Waals surface area contributed by atoms with Crippen molar-refractivity contribution < 1.29 is 14.3 Å². The molecule has 0 spiro atoms. The van der Waals surface area contributed by atoms with Crippen LogP contribution in [0.15, 0.2) is 33.9 Å². The number of rotatable bonds is 5. The van der Waals surface area contributed by atoms with Crippen LogP contribution in [0, 0.1) is 11.8 Å². The Morgan fingerprint density at radius 2 is 1.89 bits per heavy atom. The zero-order valence-electron chi connectivity index (χ0n) is 16.1. The van der Waals surface area contributed by atoms with Crippen LogP contribution >= 0.6 is 0 Å². The molecule has 1 saturated carbocycles. The Bertz CT molecular complexity index is 985. The summed E-state index contributed by atoms with van der Waals surface area (Å²) in [6, 6.07) is 6.28. The minimum atomic E-state index is -0.676. The van der Waals surface area contributed by atoms with Gasteiger partial charge in [-0.05, 0) is 50.7 Å². The molecule has 28 heavy (non-hydrogen) atoms. The van der Waals surface area contributed by atoms with Gasteiger partial charge in [0, 0.05) is 12.5 Å². The van der Waals surface area contributed by atoms with E-state index in [4.69, 9.17) is 0 Å². The van der Waals surface area contributed by atoms with Gasteiger partial charge in [0.25, 0.3) is 5.56 Å². The van der Waals surface area contributed by atoms with Crippen LogP contribution in [-0.2, 0) is 20.9 Å². The standard InChI is InChI=1S/C20H25N3O5/c1-12(19(26)28-2)21-17(24)14-9-7-13(8-10-14)11-23-18(25)15-5-3-4-6-16(15)22-20(23)27/h3-6,12-14H,7-11H2,1-2H3,(H,21,24)(H,22,27)/t12-,13?,14?/m1/s1. The quantitative estimate of drug-likeness (QED) is 0.749. The molecule has 1 aliphatic carbocycles. The van der Waals surface area contributed by atoms with E-state index in [0.717, 1.165) is 12.8 Å². The molecule has 0 aliphatic heterocycles. The molecule has 1 aromatic carbocycles. The Morgan fingerprint density at radius 3 is 2.57 bits per heavy atom. The van der Waals surface area contributed by atoms with E-state index in [1.165, 1.54) is 11.7 Å². The molecule has 2 N–H and O–H groups in total. The molecular weight excluding hydrogens is 362 g/mol. The molecule has 0 unspecified atom stereocenters. The summed E-state index contributed by atoms with van der Waals surface area (Å²) >= 11 is 0. The first-order chi connectivity index (χ1) is 13.4. The van der Waals surface area contributed by atoms with Gasteiger partial charge >= 0.3 is 11.7 Å². The number of benzene rings is 1. The van der Waals surface area contributed by atoms with E-state index < -0.39 is 17.7 Å². The zero-order valence-corrected chi connectivity index (χ0v) is 16.1. The minimum absolute atomic E-state index is 0.155. The smallest absolute Gasteiger partial charge is 0.328 e. The van der Waals surface area contributed by atoms with E-state index in [-0.39, 0.29) is 23.3 Å². The van der Waals surface area contributed by atoms with Crippen molar-refractivity contribution in [1.82, 2.24) is 14.9 Å². The number of amides is 1. The Kier molecular flexibility index (Phi) is 5.96. The van der Waals surface area contributed by atoms with Gasteiger partial charge in [0.2, 0.25) is 5.91 Å². The molecule has 3 rings (SSSR count). The van der Waals surface area contributed by atoms with Gasteiger partial charge in [-0.2, -0.15) is 0 Å². The Hall–Kier alpha value is -2.90. The summed E-state index contributed by atoms with van der Waals surface area (Å²) in [5.41, 5.74) is -0.157. The highest BCUT2D eigenvalue weighted by atomic mass is 16.5. The van der Waals surface area contributed by atoms with Crippen molar-refractivity contribution in [2.75, 3.05) is 7.11 Å². The number of aromatic nitrogens is 2. The van der Waals surface area contributed by atoms with Gasteiger partial charge in [-0.1, -0.05) is 12.1 Å². The van der Waals surface area contributed by atoms with E-state index in [2.05, 4.69) is 15.0 Å². The average Bonchev–Trinajstić information content (AvgIpc) is 2.70. The third-order valence-corrected chi connectivity index (χ3v) is 5.46. The zero-order chi connectivity index (χ0) is 20.3. The van der Waals surface area contributed by atoms with Crippen molar-refractivity contribution in [2.45, 2.75) is 45.2 Å². The van der Waals surface area contributed by atoms with Gasteiger partial charge < -0.3 is 15.0 Å². The Balaban J connectivity index is 1.63. The number of nitrogens with one attached hydrogen (secondary N) is 2. The monoisotopic (exact) mass is 387 g/mol. The van der Waals surface area contributed by atoms with Crippen molar-refractivity contribution in [3.63, 3.8) is 0 Å². The number of methoxy groups -OCH3 is 1. The molecular formula is C20H25N3O5. The van der Waals surface area contributed by atoms with Gasteiger partial charge in [-0.3, -0.25) is 14.2 Å². The molecule has 1 heterocycles. The summed E-state index contributed by atoms with van der Waals surface area (Å²) in [6.07, 6.45) is 2.79. The summed E-state index contributed by atoms with van der Waals surface area (Å²) in [5.74, 6) is -0.647. The maximum atomic E-state index is 12.6. The Labute approximate surface area is 161 Å². The number of fused-ring (bicyclic) bond motifs is 1. The molecule has 0 radical (unpaired) electrons. The highest BCUT2D eigenvalue weighted by Gasteiger charge is 2.29. The first-order valence-electron chi connectivity index (χ1n) is 9.50. The van der Waals surface area contributed by atoms with Crippen LogP contribution in [0.2, 0.25) is 0 Å². The SMILES string of the molecule is COC(=O)[C@@H](C)NC(=O)C1CCC(Cn2c(=O)[nH]c3ccccc3c2=O)CC1. The van der Waals surface area contributed by atoms with Crippen molar-refractivity contribution >= 4 is 22.8 Å². The van der Waals surface area contributed by atoms with E-state index in [9.17, 15) is 19.2 Å². The fourth-order valence-corrected chi connectivity index (χ4v) is 3.80. The minimum Gasteiger partial charge on any atom is -0.467 e. The lowest BCUT2D eigenvalue weighted by Gasteiger charge is -2.28. The molecule has 1 aromatic heterocycles. The summed E-state index contributed by atoms with van der Waals surface area (Å²) in [5, 5.41) is 3.17. The molecule has 8 nitrogen and oxygen atoms in total. The third-order valence-electron chi connectivity index (χ3n) is 5.46. The molecule has 1 aliphatic rings. The van der Waals surface area contributed by atoms with Crippen molar-refractivity contribution in [2.24, 2.45) is 11.8 Å². The largest absolute Gasteiger partial charge is 0.467 e. The van der Waals surface area contributed by atoms with Crippen LogP contribution in [0.1, 0.15) is 32.6 Å². The molecule has 1 amide bonds. The number of aromatic amines is 1. The van der Waals surface area contributed by atoms with Crippen LogP contribution in [-0.4, -0.2) is 34.6 Å². The van der Waals surface area contributed by atoms with Gasteiger partial charge in [0.05, 0.1) is 18.0 Å². The first kappa shape index (κ1) is 19.9. The number of carbonyl (C=O) groups excluding carboxylic acids is 2. The Morgan fingerprint density at radius 1 is 1.21 bits per heavy atom. The second-order valence-corrected chi connectivity index (χ2v) is 7.36. The van der Waals surface area contributed by atoms with Crippen LogP contribution < -0.4 is 16.6 Å². The number of carbonyl (C=O) groups is 2. The number of ether oxygens (including phenoxy) is 1. The summed E-state index contributed by atoms with van der Waals surface area (Å²) in [7, 11) is 1.28. The number of hydrogen-bond acceptors (Lipinski definition) is 5. The van der Waals surface area contributed by atoms with E-state index in [1.54, 1.807) is 31.2 Å². The molecule has 0 bridgehead atoms. The average molecular weight is 387 g/mol. The molecule has 1 fully saturated rings. The van der Waals surface area contributed by atoms with Gasteiger partial charge in [0.15, 0.2) is 0 Å². The molecule has 150 valence electrons. The second kappa shape index (κ2) is 8.41. The van der Waals surface area contributed by atoms with E-state index in [1.807, 2.05) is 0 Å². The van der Waals surface area contributed by atoms with Crippen molar-refractivity contribution in [3.05, 3.63) is 45.1 Å².